The Kier molecular flexibility index (Phi) is 6.62. The first-order valence-electron chi connectivity index (χ1n) is 9.86. The molecule has 8 heteroatoms. The molecule has 0 aliphatic heterocycles. The second-order valence-corrected chi connectivity index (χ2v) is 7.57. The fraction of sp³-hybridized carbons (Fsp3) is 0.0833. The average molecular weight is 447 g/mol. The summed E-state index contributed by atoms with van der Waals surface area (Å²) in [6.07, 6.45) is 0. The van der Waals surface area contributed by atoms with Gasteiger partial charge >= 0.3 is 0 Å². The molecule has 0 spiro atoms. The molecule has 32 heavy (non-hydrogen) atoms. The number of hydrogen-bond donors (Lipinski definition) is 1. The van der Waals surface area contributed by atoms with E-state index in [0.29, 0.717) is 11.3 Å². The van der Waals surface area contributed by atoms with E-state index in [1.807, 2.05) is 36.4 Å². The summed E-state index contributed by atoms with van der Waals surface area (Å²) in [5.41, 5.74) is 2.02. The molecule has 0 saturated carbocycles. The summed E-state index contributed by atoms with van der Waals surface area (Å²) in [7, 11) is 0. The van der Waals surface area contributed by atoms with Gasteiger partial charge in [0, 0.05) is 17.6 Å². The van der Waals surface area contributed by atoms with Crippen LogP contribution in [0, 0.1) is 5.82 Å². The molecule has 2 amide bonds. The second-order valence-electron chi connectivity index (χ2n) is 6.96. The van der Waals surface area contributed by atoms with E-state index < -0.39 is 23.7 Å². The van der Waals surface area contributed by atoms with Crippen LogP contribution in [0.2, 0.25) is 0 Å². The highest BCUT2D eigenvalue weighted by Gasteiger charge is 2.34. The molecule has 0 unspecified atom stereocenters. The third-order valence-corrected chi connectivity index (χ3v) is 5.34. The topological polar surface area (TPSA) is 75.2 Å². The standard InChI is InChI=1S/C24H19FN4O2S/c25-19-13-11-18(12-14-19)22(23(30)26-15-17-7-3-1-4-8-17)29(20-9-5-2-6-10-20)24(31)21-16-32-28-27-21/h1-14,16,22H,15H2,(H,26,30)/t22-/m1/s1. The number of para-hydroxylation sites is 1. The molecule has 1 heterocycles. The van der Waals surface area contributed by atoms with E-state index in [9.17, 15) is 14.0 Å². The highest BCUT2D eigenvalue weighted by molar-refractivity contribution is 7.03. The Hall–Kier alpha value is -3.91. The number of halogens is 1. The quantitative estimate of drug-likeness (QED) is 0.457. The second kappa shape index (κ2) is 9.93. The number of aromatic nitrogens is 2. The summed E-state index contributed by atoms with van der Waals surface area (Å²) in [5.74, 6) is -1.31. The van der Waals surface area contributed by atoms with Gasteiger partial charge < -0.3 is 5.32 Å². The van der Waals surface area contributed by atoms with E-state index in [1.165, 1.54) is 34.5 Å². The van der Waals surface area contributed by atoms with Crippen molar-refractivity contribution in [2.24, 2.45) is 0 Å². The number of benzene rings is 3. The molecule has 1 atom stereocenters. The molecule has 1 aromatic heterocycles. The van der Waals surface area contributed by atoms with Crippen LogP contribution in [-0.4, -0.2) is 21.4 Å². The van der Waals surface area contributed by atoms with Crippen molar-refractivity contribution in [3.63, 3.8) is 0 Å². The van der Waals surface area contributed by atoms with Gasteiger partial charge in [-0.2, -0.15) is 0 Å². The Labute approximate surface area is 188 Å². The van der Waals surface area contributed by atoms with Crippen molar-refractivity contribution in [3.8, 4) is 0 Å². The zero-order chi connectivity index (χ0) is 22.3. The first-order valence-corrected chi connectivity index (χ1v) is 10.7. The number of rotatable bonds is 7. The van der Waals surface area contributed by atoms with Crippen molar-refractivity contribution in [1.29, 1.82) is 0 Å². The van der Waals surface area contributed by atoms with Crippen LogP contribution in [0.15, 0.2) is 90.3 Å². The van der Waals surface area contributed by atoms with Gasteiger partial charge in [-0.25, -0.2) is 4.39 Å². The van der Waals surface area contributed by atoms with Gasteiger partial charge in [0.1, 0.15) is 11.9 Å². The summed E-state index contributed by atoms with van der Waals surface area (Å²) >= 11 is 1.05. The lowest BCUT2D eigenvalue weighted by molar-refractivity contribution is -0.122. The number of carbonyl (C=O) groups is 2. The SMILES string of the molecule is O=C(NCc1ccccc1)[C@@H](c1ccc(F)cc1)N(C(=O)c1csnn1)c1ccccc1. The lowest BCUT2D eigenvalue weighted by atomic mass is 10.0. The maximum Gasteiger partial charge on any atom is 0.280 e. The third-order valence-electron chi connectivity index (χ3n) is 4.83. The summed E-state index contributed by atoms with van der Waals surface area (Å²) in [4.78, 5) is 28.3. The number of nitrogens with zero attached hydrogens (tertiary/aromatic N) is 3. The van der Waals surface area contributed by atoms with Crippen LogP contribution in [0.1, 0.15) is 27.7 Å². The number of amides is 2. The zero-order valence-electron chi connectivity index (χ0n) is 16.9. The smallest absolute Gasteiger partial charge is 0.280 e. The lowest BCUT2D eigenvalue weighted by Crippen LogP contribution is -2.44. The Balaban J connectivity index is 1.75. The summed E-state index contributed by atoms with van der Waals surface area (Å²) in [6, 6.07) is 22.8. The van der Waals surface area contributed by atoms with Crippen LogP contribution in [0.5, 0.6) is 0 Å². The molecule has 0 radical (unpaired) electrons. The molecular weight excluding hydrogens is 427 g/mol. The van der Waals surface area contributed by atoms with E-state index in [-0.39, 0.29) is 12.2 Å². The van der Waals surface area contributed by atoms with E-state index in [2.05, 4.69) is 14.9 Å². The van der Waals surface area contributed by atoms with E-state index in [1.54, 1.807) is 24.3 Å². The Morgan fingerprint density at radius 3 is 2.22 bits per heavy atom. The fourth-order valence-corrected chi connectivity index (χ4v) is 3.73. The minimum absolute atomic E-state index is 0.127. The van der Waals surface area contributed by atoms with Gasteiger partial charge in [0.2, 0.25) is 5.91 Å². The molecule has 1 N–H and O–H groups in total. The molecule has 160 valence electrons. The molecule has 6 nitrogen and oxygen atoms in total. The third kappa shape index (κ3) is 4.87. The predicted octanol–water partition coefficient (Wildman–Crippen LogP) is 4.38. The number of carbonyl (C=O) groups excluding carboxylic acids is 2. The average Bonchev–Trinajstić information content (AvgIpc) is 3.38. The van der Waals surface area contributed by atoms with Crippen LogP contribution in [0.25, 0.3) is 0 Å². The largest absolute Gasteiger partial charge is 0.350 e. The van der Waals surface area contributed by atoms with Gasteiger partial charge in [0.25, 0.3) is 5.91 Å². The maximum atomic E-state index is 13.6. The summed E-state index contributed by atoms with van der Waals surface area (Å²) in [6.45, 7) is 0.284. The van der Waals surface area contributed by atoms with Crippen molar-refractivity contribution in [2.75, 3.05) is 4.90 Å². The minimum atomic E-state index is -1.05. The molecular formula is C24H19FN4O2S. The first kappa shape index (κ1) is 21.3. The first-order chi connectivity index (χ1) is 15.6. The van der Waals surface area contributed by atoms with Crippen molar-refractivity contribution in [3.05, 3.63) is 113 Å². The van der Waals surface area contributed by atoms with E-state index in [0.717, 1.165) is 17.1 Å². The maximum absolute atomic E-state index is 13.6. The highest BCUT2D eigenvalue weighted by Crippen LogP contribution is 2.30. The van der Waals surface area contributed by atoms with Gasteiger partial charge in [-0.15, -0.1) is 5.10 Å². The number of anilines is 1. The van der Waals surface area contributed by atoms with Crippen molar-refractivity contribution in [2.45, 2.75) is 12.6 Å². The Morgan fingerprint density at radius 2 is 1.59 bits per heavy atom. The summed E-state index contributed by atoms with van der Waals surface area (Å²) < 4.78 is 17.4. The molecule has 0 fully saturated rings. The molecule has 0 aliphatic rings. The predicted molar refractivity (Wildman–Crippen MR) is 121 cm³/mol. The van der Waals surface area contributed by atoms with Crippen molar-refractivity contribution >= 4 is 29.0 Å². The van der Waals surface area contributed by atoms with Gasteiger partial charge in [0.05, 0.1) is 0 Å². The van der Waals surface area contributed by atoms with Crippen molar-refractivity contribution < 1.29 is 14.0 Å². The normalized spacial score (nSPS) is 11.5. The van der Waals surface area contributed by atoms with Crippen LogP contribution in [-0.2, 0) is 11.3 Å². The highest BCUT2D eigenvalue weighted by atomic mass is 32.1. The van der Waals surface area contributed by atoms with Gasteiger partial charge in [-0.1, -0.05) is 65.2 Å². The molecule has 4 aromatic rings. The minimum Gasteiger partial charge on any atom is -0.350 e. The number of nitrogens with one attached hydrogen (secondary N) is 1. The summed E-state index contributed by atoms with van der Waals surface area (Å²) in [5, 5.41) is 8.32. The zero-order valence-corrected chi connectivity index (χ0v) is 17.7. The van der Waals surface area contributed by atoms with E-state index in [4.69, 9.17) is 0 Å². The molecule has 4 rings (SSSR count). The molecule has 0 aliphatic carbocycles. The van der Waals surface area contributed by atoms with Gasteiger partial charge in [0.15, 0.2) is 5.69 Å². The Bertz CT molecular complexity index is 1170. The number of hydrogen-bond acceptors (Lipinski definition) is 5. The monoisotopic (exact) mass is 446 g/mol. The lowest BCUT2D eigenvalue weighted by Gasteiger charge is -2.31. The Morgan fingerprint density at radius 1 is 0.938 bits per heavy atom. The van der Waals surface area contributed by atoms with E-state index >= 15 is 0 Å². The molecule has 3 aromatic carbocycles. The van der Waals surface area contributed by atoms with Gasteiger partial charge in [-0.3, -0.25) is 14.5 Å². The molecule has 0 bridgehead atoms. The van der Waals surface area contributed by atoms with Crippen LogP contribution < -0.4 is 10.2 Å². The molecule has 0 saturated heterocycles. The van der Waals surface area contributed by atoms with Crippen molar-refractivity contribution in [1.82, 2.24) is 14.9 Å². The van der Waals surface area contributed by atoms with Crippen LogP contribution >= 0.6 is 11.5 Å². The fourth-order valence-electron chi connectivity index (χ4n) is 3.30. The van der Waals surface area contributed by atoms with Crippen LogP contribution in [0.4, 0.5) is 10.1 Å². The van der Waals surface area contributed by atoms with Gasteiger partial charge in [-0.05, 0) is 46.9 Å². The van der Waals surface area contributed by atoms with Crippen LogP contribution in [0.3, 0.4) is 0 Å².